The Kier molecular flexibility index (Phi) is 4.36. The molecule has 4 N–H and O–H groups in total. The van der Waals surface area contributed by atoms with Crippen molar-refractivity contribution in [2.45, 2.75) is 25.2 Å². The quantitative estimate of drug-likeness (QED) is 0.774. The second-order valence-electron chi connectivity index (χ2n) is 3.85. The standard InChI is InChI=1S/C11H19N3O2S/c1-3-7-14(4-2)11-6-5-9(8-10(11)12)17(13,15)16/h5-6,8H,3-4,7,12H2,1-2H3,(H2,13,15,16). The summed E-state index contributed by atoms with van der Waals surface area (Å²) in [6.45, 7) is 5.82. The van der Waals surface area contributed by atoms with Crippen molar-refractivity contribution in [1.82, 2.24) is 0 Å². The minimum atomic E-state index is -3.69. The largest absolute Gasteiger partial charge is 0.397 e. The van der Waals surface area contributed by atoms with Crippen LogP contribution in [0, 0.1) is 0 Å². The number of sulfonamides is 1. The molecular formula is C11H19N3O2S. The normalized spacial score (nSPS) is 11.5. The summed E-state index contributed by atoms with van der Waals surface area (Å²) in [5.41, 5.74) is 7.15. The van der Waals surface area contributed by atoms with Crippen molar-refractivity contribution in [3.05, 3.63) is 18.2 Å². The lowest BCUT2D eigenvalue weighted by atomic mass is 10.2. The third-order valence-electron chi connectivity index (χ3n) is 2.54. The summed E-state index contributed by atoms with van der Waals surface area (Å²) in [6, 6.07) is 4.59. The van der Waals surface area contributed by atoms with Crippen LogP contribution in [-0.4, -0.2) is 21.5 Å². The lowest BCUT2D eigenvalue weighted by molar-refractivity contribution is 0.598. The summed E-state index contributed by atoms with van der Waals surface area (Å²) in [4.78, 5) is 2.15. The molecule has 0 amide bonds. The fourth-order valence-electron chi connectivity index (χ4n) is 1.72. The Labute approximate surface area is 102 Å². The van der Waals surface area contributed by atoms with Crippen LogP contribution < -0.4 is 15.8 Å². The Balaban J connectivity index is 3.13. The second-order valence-corrected chi connectivity index (χ2v) is 5.41. The first kappa shape index (κ1) is 13.8. The fourth-order valence-corrected chi connectivity index (χ4v) is 2.27. The van der Waals surface area contributed by atoms with Crippen LogP contribution in [0.25, 0.3) is 0 Å². The molecule has 0 saturated carbocycles. The maximum Gasteiger partial charge on any atom is 0.238 e. The third-order valence-corrected chi connectivity index (χ3v) is 3.45. The number of nitrogens with zero attached hydrogens (tertiary/aromatic N) is 1. The molecule has 0 bridgehead atoms. The zero-order chi connectivity index (χ0) is 13.1. The molecule has 5 nitrogen and oxygen atoms in total. The van der Waals surface area contributed by atoms with Gasteiger partial charge in [0.1, 0.15) is 0 Å². The fraction of sp³-hybridized carbons (Fsp3) is 0.455. The molecule has 0 radical (unpaired) electrons. The van der Waals surface area contributed by atoms with Crippen LogP contribution in [0.3, 0.4) is 0 Å². The summed E-state index contributed by atoms with van der Waals surface area (Å²) in [6.07, 6.45) is 1.00. The Morgan fingerprint density at radius 1 is 1.29 bits per heavy atom. The van der Waals surface area contributed by atoms with Gasteiger partial charge in [0, 0.05) is 13.1 Å². The van der Waals surface area contributed by atoms with Gasteiger partial charge in [-0.2, -0.15) is 0 Å². The number of primary sulfonamides is 1. The minimum Gasteiger partial charge on any atom is -0.397 e. The van der Waals surface area contributed by atoms with Gasteiger partial charge >= 0.3 is 0 Å². The van der Waals surface area contributed by atoms with Gasteiger partial charge in [0.25, 0.3) is 0 Å². The smallest absolute Gasteiger partial charge is 0.238 e. The van der Waals surface area contributed by atoms with E-state index in [0.29, 0.717) is 5.69 Å². The van der Waals surface area contributed by atoms with E-state index < -0.39 is 10.0 Å². The van der Waals surface area contributed by atoms with Crippen molar-refractivity contribution < 1.29 is 8.42 Å². The van der Waals surface area contributed by atoms with E-state index in [2.05, 4.69) is 11.8 Å². The SMILES string of the molecule is CCCN(CC)c1ccc(S(N)(=O)=O)cc1N. The van der Waals surface area contributed by atoms with E-state index in [1.54, 1.807) is 6.07 Å². The molecule has 0 unspecified atom stereocenters. The molecule has 0 saturated heterocycles. The maximum atomic E-state index is 11.2. The van der Waals surface area contributed by atoms with Gasteiger partial charge in [-0.3, -0.25) is 0 Å². The van der Waals surface area contributed by atoms with Gasteiger partial charge in [0.15, 0.2) is 0 Å². The molecule has 96 valence electrons. The summed E-state index contributed by atoms with van der Waals surface area (Å²) in [5.74, 6) is 0. The molecule has 0 aliphatic carbocycles. The van der Waals surface area contributed by atoms with Crippen LogP contribution in [0.1, 0.15) is 20.3 Å². The Bertz CT molecular complexity index is 485. The number of rotatable bonds is 5. The van der Waals surface area contributed by atoms with Crippen LogP contribution >= 0.6 is 0 Å². The van der Waals surface area contributed by atoms with E-state index in [1.165, 1.54) is 12.1 Å². The Hall–Kier alpha value is -1.27. The van der Waals surface area contributed by atoms with Crippen LogP contribution in [-0.2, 0) is 10.0 Å². The Morgan fingerprint density at radius 2 is 1.94 bits per heavy atom. The molecule has 0 spiro atoms. The highest BCUT2D eigenvalue weighted by Crippen LogP contribution is 2.25. The summed E-state index contributed by atoms with van der Waals surface area (Å²) >= 11 is 0. The van der Waals surface area contributed by atoms with Crippen molar-refractivity contribution in [1.29, 1.82) is 0 Å². The van der Waals surface area contributed by atoms with Gasteiger partial charge in [-0.05, 0) is 31.5 Å². The molecule has 1 rings (SSSR count). The zero-order valence-electron chi connectivity index (χ0n) is 10.2. The maximum absolute atomic E-state index is 11.2. The number of nitrogen functional groups attached to an aromatic ring is 1. The third kappa shape index (κ3) is 3.34. The number of nitrogens with two attached hydrogens (primary N) is 2. The van der Waals surface area contributed by atoms with E-state index in [-0.39, 0.29) is 4.90 Å². The molecule has 0 aromatic heterocycles. The van der Waals surface area contributed by atoms with Crippen molar-refractivity contribution in [3.63, 3.8) is 0 Å². The van der Waals surface area contributed by atoms with Crippen molar-refractivity contribution in [2.75, 3.05) is 23.7 Å². The van der Waals surface area contributed by atoms with Crippen molar-refractivity contribution in [3.8, 4) is 0 Å². The first-order chi connectivity index (χ1) is 7.90. The number of benzene rings is 1. The van der Waals surface area contributed by atoms with E-state index >= 15 is 0 Å². The number of hydrogen-bond donors (Lipinski definition) is 2. The average molecular weight is 257 g/mol. The molecule has 0 heterocycles. The van der Waals surface area contributed by atoms with Gasteiger partial charge in [0.2, 0.25) is 10.0 Å². The van der Waals surface area contributed by atoms with Crippen molar-refractivity contribution >= 4 is 21.4 Å². The predicted octanol–water partition coefficient (Wildman–Crippen LogP) is 1.15. The summed E-state index contributed by atoms with van der Waals surface area (Å²) < 4.78 is 22.3. The summed E-state index contributed by atoms with van der Waals surface area (Å²) in [5, 5.41) is 5.05. The molecule has 0 fully saturated rings. The summed E-state index contributed by atoms with van der Waals surface area (Å²) in [7, 11) is -3.69. The topological polar surface area (TPSA) is 89.4 Å². The van der Waals surface area contributed by atoms with E-state index in [9.17, 15) is 8.42 Å². The van der Waals surface area contributed by atoms with Crippen molar-refractivity contribution in [2.24, 2.45) is 5.14 Å². The molecule has 17 heavy (non-hydrogen) atoms. The zero-order valence-corrected chi connectivity index (χ0v) is 11.0. The molecular weight excluding hydrogens is 238 g/mol. The first-order valence-corrected chi connectivity index (χ1v) is 7.12. The van der Waals surface area contributed by atoms with Gasteiger partial charge in [0.05, 0.1) is 16.3 Å². The van der Waals surface area contributed by atoms with Gasteiger partial charge in [-0.25, -0.2) is 13.6 Å². The molecule has 0 aliphatic rings. The monoisotopic (exact) mass is 257 g/mol. The highest BCUT2D eigenvalue weighted by molar-refractivity contribution is 7.89. The lowest BCUT2D eigenvalue weighted by Gasteiger charge is -2.24. The van der Waals surface area contributed by atoms with Gasteiger partial charge in [-0.15, -0.1) is 0 Å². The first-order valence-electron chi connectivity index (χ1n) is 5.57. The van der Waals surface area contributed by atoms with E-state index in [0.717, 1.165) is 25.2 Å². The Morgan fingerprint density at radius 3 is 2.35 bits per heavy atom. The highest BCUT2D eigenvalue weighted by atomic mass is 32.2. The molecule has 0 atom stereocenters. The van der Waals surface area contributed by atoms with Crippen LogP contribution in [0.15, 0.2) is 23.1 Å². The highest BCUT2D eigenvalue weighted by Gasteiger charge is 2.12. The van der Waals surface area contributed by atoms with Crippen LogP contribution in [0.2, 0.25) is 0 Å². The van der Waals surface area contributed by atoms with Gasteiger partial charge < -0.3 is 10.6 Å². The molecule has 6 heteroatoms. The minimum absolute atomic E-state index is 0.0475. The molecule has 0 aliphatic heterocycles. The number of hydrogen-bond acceptors (Lipinski definition) is 4. The average Bonchev–Trinajstić information content (AvgIpc) is 2.25. The predicted molar refractivity (Wildman–Crippen MR) is 70.4 cm³/mol. The lowest BCUT2D eigenvalue weighted by Crippen LogP contribution is -2.24. The van der Waals surface area contributed by atoms with E-state index in [4.69, 9.17) is 10.9 Å². The van der Waals surface area contributed by atoms with Crippen LogP contribution in [0.5, 0.6) is 0 Å². The van der Waals surface area contributed by atoms with E-state index in [1.807, 2.05) is 6.92 Å². The van der Waals surface area contributed by atoms with Gasteiger partial charge in [-0.1, -0.05) is 6.92 Å². The van der Waals surface area contributed by atoms with Crippen LogP contribution in [0.4, 0.5) is 11.4 Å². The molecule has 1 aromatic rings. The second kappa shape index (κ2) is 5.37. The number of anilines is 2. The molecule has 1 aromatic carbocycles.